The van der Waals surface area contributed by atoms with E-state index in [9.17, 15) is 4.21 Å². The van der Waals surface area contributed by atoms with Crippen LogP contribution in [0.25, 0.3) is 10.4 Å². The first kappa shape index (κ1) is 11.0. The van der Waals surface area contributed by atoms with Crippen molar-refractivity contribution < 1.29 is 4.21 Å². The smallest absolute Gasteiger partial charge is 0.0836 e. The Morgan fingerprint density at radius 1 is 1.20 bits per heavy atom. The van der Waals surface area contributed by atoms with Gasteiger partial charge in [0.15, 0.2) is 0 Å². The standard InChI is InChI=1S/C11H9BrOS2/c12-8-15(13)10-5-3-9(4-6-10)11-2-1-7-14-11/h1-7H,8H2. The zero-order chi connectivity index (χ0) is 10.7. The highest BCUT2D eigenvalue weighted by molar-refractivity contribution is 9.10. The average Bonchev–Trinajstić information content (AvgIpc) is 2.82. The van der Waals surface area contributed by atoms with Crippen molar-refractivity contribution in [2.45, 2.75) is 4.90 Å². The summed E-state index contributed by atoms with van der Waals surface area (Å²) < 4.78 is 12.0. The molecular formula is C11H9BrOS2. The van der Waals surface area contributed by atoms with Crippen LogP contribution < -0.4 is 0 Å². The van der Waals surface area contributed by atoms with Crippen molar-refractivity contribution in [3.05, 3.63) is 41.8 Å². The fraction of sp³-hybridized carbons (Fsp3) is 0.0909. The first-order valence-corrected chi connectivity index (χ1v) is 7.71. The van der Waals surface area contributed by atoms with Gasteiger partial charge < -0.3 is 0 Å². The van der Waals surface area contributed by atoms with Crippen molar-refractivity contribution >= 4 is 38.1 Å². The lowest BCUT2D eigenvalue weighted by atomic mass is 10.2. The van der Waals surface area contributed by atoms with Gasteiger partial charge >= 0.3 is 0 Å². The second-order valence-electron chi connectivity index (χ2n) is 2.96. The molecule has 78 valence electrons. The van der Waals surface area contributed by atoms with Gasteiger partial charge in [-0.3, -0.25) is 4.21 Å². The van der Waals surface area contributed by atoms with E-state index in [1.165, 1.54) is 10.4 Å². The van der Waals surface area contributed by atoms with Gasteiger partial charge in [-0.1, -0.05) is 34.1 Å². The SMILES string of the molecule is O=S(CBr)c1ccc(-c2cccs2)cc1. The second kappa shape index (κ2) is 5.05. The Hall–Kier alpha value is -0.450. The molecule has 0 aliphatic carbocycles. The van der Waals surface area contributed by atoms with Crippen molar-refractivity contribution in [1.29, 1.82) is 0 Å². The van der Waals surface area contributed by atoms with Crippen LogP contribution in [-0.4, -0.2) is 8.87 Å². The molecule has 1 aromatic carbocycles. The molecule has 0 fully saturated rings. The number of thiophene rings is 1. The van der Waals surface area contributed by atoms with Crippen LogP contribution in [0.1, 0.15) is 0 Å². The molecule has 0 saturated heterocycles. The first-order chi connectivity index (χ1) is 7.31. The van der Waals surface area contributed by atoms with Gasteiger partial charge in [-0.15, -0.1) is 11.3 Å². The maximum atomic E-state index is 11.5. The molecule has 4 heteroatoms. The van der Waals surface area contributed by atoms with Gasteiger partial charge in [0.05, 0.1) is 15.5 Å². The highest BCUT2D eigenvalue weighted by Crippen LogP contribution is 2.25. The fourth-order valence-corrected chi connectivity index (χ4v) is 3.37. The van der Waals surface area contributed by atoms with Crippen molar-refractivity contribution in [3.63, 3.8) is 0 Å². The molecule has 0 bridgehead atoms. The molecular weight excluding hydrogens is 292 g/mol. The molecule has 15 heavy (non-hydrogen) atoms. The molecule has 0 aliphatic heterocycles. The topological polar surface area (TPSA) is 17.1 Å². The molecule has 0 radical (unpaired) electrons. The summed E-state index contributed by atoms with van der Waals surface area (Å²) in [6.45, 7) is 0. The van der Waals surface area contributed by atoms with Crippen molar-refractivity contribution in [2.75, 3.05) is 4.66 Å². The van der Waals surface area contributed by atoms with Gasteiger partial charge in [-0.25, -0.2) is 0 Å². The van der Waals surface area contributed by atoms with E-state index in [0.717, 1.165) is 4.90 Å². The van der Waals surface area contributed by atoms with Crippen LogP contribution in [0.5, 0.6) is 0 Å². The summed E-state index contributed by atoms with van der Waals surface area (Å²) in [5.41, 5.74) is 1.18. The van der Waals surface area contributed by atoms with E-state index in [2.05, 4.69) is 27.4 Å². The molecule has 1 heterocycles. The van der Waals surface area contributed by atoms with Crippen LogP contribution in [0.3, 0.4) is 0 Å². The largest absolute Gasteiger partial charge is 0.253 e. The highest BCUT2D eigenvalue weighted by Gasteiger charge is 2.02. The third-order valence-corrected chi connectivity index (χ3v) is 5.18. The lowest BCUT2D eigenvalue weighted by Crippen LogP contribution is -1.90. The van der Waals surface area contributed by atoms with Crippen LogP contribution in [-0.2, 0) is 10.8 Å². The molecule has 0 saturated carbocycles. The van der Waals surface area contributed by atoms with Crippen LogP contribution >= 0.6 is 27.3 Å². The van der Waals surface area contributed by atoms with Crippen molar-refractivity contribution in [1.82, 2.24) is 0 Å². The minimum Gasteiger partial charge on any atom is -0.253 e. The normalized spacial score (nSPS) is 12.6. The summed E-state index contributed by atoms with van der Waals surface area (Å²) in [5, 5.41) is 2.06. The Bertz CT molecular complexity index is 448. The van der Waals surface area contributed by atoms with Crippen molar-refractivity contribution in [2.24, 2.45) is 0 Å². The van der Waals surface area contributed by atoms with E-state index in [0.29, 0.717) is 4.66 Å². The van der Waals surface area contributed by atoms with E-state index in [1.807, 2.05) is 30.3 Å². The Morgan fingerprint density at radius 3 is 2.47 bits per heavy atom. The Balaban J connectivity index is 2.29. The van der Waals surface area contributed by atoms with E-state index >= 15 is 0 Å². The summed E-state index contributed by atoms with van der Waals surface area (Å²) in [6.07, 6.45) is 0. The van der Waals surface area contributed by atoms with Gasteiger partial charge in [0, 0.05) is 9.77 Å². The van der Waals surface area contributed by atoms with Gasteiger partial charge in [0.2, 0.25) is 0 Å². The van der Waals surface area contributed by atoms with E-state index in [-0.39, 0.29) is 0 Å². The van der Waals surface area contributed by atoms with Gasteiger partial charge in [0.1, 0.15) is 0 Å². The summed E-state index contributed by atoms with van der Waals surface area (Å²) in [4.78, 5) is 2.11. The van der Waals surface area contributed by atoms with E-state index < -0.39 is 10.8 Å². The molecule has 0 spiro atoms. The zero-order valence-corrected chi connectivity index (χ0v) is 11.1. The predicted octanol–water partition coefficient (Wildman–Crippen LogP) is 3.88. The number of hydrogen-bond acceptors (Lipinski definition) is 2. The number of halogens is 1. The molecule has 1 unspecified atom stereocenters. The molecule has 1 atom stereocenters. The molecule has 0 aliphatic rings. The zero-order valence-electron chi connectivity index (χ0n) is 7.85. The Kier molecular flexibility index (Phi) is 3.72. The van der Waals surface area contributed by atoms with Crippen LogP contribution in [0.4, 0.5) is 0 Å². The summed E-state index contributed by atoms with van der Waals surface area (Å²) in [5.74, 6) is 0. The summed E-state index contributed by atoms with van der Waals surface area (Å²) >= 11 is 4.92. The van der Waals surface area contributed by atoms with Gasteiger partial charge in [-0.2, -0.15) is 0 Å². The third-order valence-electron chi connectivity index (χ3n) is 2.02. The second-order valence-corrected chi connectivity index (χ2v) is 6.66. The highest BCUT2D eigenvalue weighted by atomic mass is 79.9. The van der Waals surface area contributed by atoms with Crippen LogP contribution in [0, 0.1) is 0 Å². The van der Waals surface area contributed by atoms with Gasteiger partial charge in [0.25, 0.3) is 0 Å². The number of benzene rings is 1. The minimum atomic E-state index is -0.925. The molecule has 1 aromatic heterocycles. The quantitative estimate of drug-likeness (QED) is 0.786. The average molecular weight is 301 g/mol. The Morgan fingerprint density at radius 2 is 1.93 bits per heavy atom. The Labute approximate surface area is 104 Å². The van der Waals surface area contributed by atoms with Crippen LogP contribution in [0.2, 0.25) is 0 Å². The van der Waals surface area contributed by atoms with Crippen molar-refractivity contribution in [3.8, 4) is 10.4 Å². The number of hydrogen-bond donors (Lipinski definition) is 0. The molecule has 1 nitrogen and oxygen atoms in total. The number of rotatable bonds is 3. The molecule has 0 amide bonds. The minimum absolute atomic E-state index is 0.491. The summed E-state index contributed by atoms with van der Waals surface area (Å²) in [6, 6.07) is 12.0. The fourth-order valence-electron chi connectivity index (χ4n) is 1.28. The monoisotopic (exact) mass is 300 g/mol. The predicted molar refractivity (Wildman–Crippen MR) is 70.0 cm³/mol. The van der Waals surface area contributed by atoms with E-state index in [1.54, 1.807) is 11.3 Å². The molecule has 0 N–H and O–H groups in total. The van der Waals surface area contributed by atoms with Gasteiger partial charge in [-0.05, 0) is 29.1 Å². The lowest BCUT2D eigenvalue weighted by molar-refractivity contribution is 0.686. The molecule has 2 aromatic rings. The lowest BCUT2D eigenvalue weighted by Gasteiger charge is -2.00. The third kappa shape index (κ3) is 2.56. The van der Waals surface area contributed by atoms with Crippen LogP contribution in [0.15, 0.2) is 46.7 Å². The maximum absolute atomic E-state index is 11.5. The summed E-state index contributed by atoms with van der Waals surface area (Å²) in [7, 11) is -0.925. The first-order valence-electron chi connectivity index (χ1n) is 4.39. The number of alkyl halides is 1. The molecule has 2 rings (SSSR count). The maximum Gasteiger partial charge on any atom is 0.0836 e. The van der Waals surface area contributed by atoms with E-state index in [4.69, 9.17) is 0 Å².